The Morgan fingerprint density at radius 2 is 2.17 bits per heavy atom. The molecule has 0 aliphatic heterocycles. The predicted molar refractivity (Wildman–Crippen MR) is 91.8 cm³/mol. The first-order chi connectivity index (χ1) is 11.1. The number of amides is 1. The number of hydrogen-bond acceptors (Lipinski definition) is 5. The summed E-state index contributed by atoms with van der Waals surface area (Å²) in [6.07, 6.45) is 1.45. The zero-order valence-electron chi connectivity index (χ0n) is 13.4. The van der Waals surface area contributed by atoms with Crippen LogP contribution in [0.1, 0.15) is 27.7 Å². The lowest BCUT2D eigenvalue weighted by Gasteiger charge is -2.24. The highest BCUT2D eigenvalue weighted by atomic mass is 32.1. The average molecular weight is 329 g/mol. The van der Waals surface area contributed by atoms with Crippen molar-refractivity contribution in [3.8, 4) is 0 Å². The van der Waals surface area contributed by atoms with E-state index in [9.17, 15) is 4.79 Å². The number of benzene rings is 1. The van der Waals surface area contributed by atoms with Crippen molar-refractivity contribution < 1.29 is 9.32 Å². The Balaban J connectivity index is 1.80. The average Bonchev–Trinajstić information content (AvgIpc) is 3.14. The first kappa shape index (κ1) is 15.7. The Kier molecular flexibility index (Phi) is 4.45. The van der Waals surface area contributed by atoms with Gasteiger partial charge in [-0.05, 0) is 43.4 Å². The van der Waals surface area contributed by atoms with Crippen molar-refractivity contribution >= 4 is 27.3 Å². The molecule has 5 nitrogen and oxygen atoms in total. The van der Waals surface area contributed by atoms with E-state index in [0.717, 1.165) is 0 Å². The van der Waals surface area contributed by atoms with Gasteiger partial charge in [0, 0.05) is 11.2 Å². The molecule has 2 aromatic heterocycles. The number of carbonyl (C=O) groups excluding carboxylic acids is 1. The van der Waals surface area contributed by atoms with Crippen LogP contribution in [0.15, 0.2) is 40.4 Å². The number of nitrogens with one attached hydrogen (secondary N) is 1. The summed E-state index contributed by atoms with van der Waals surface area (Å²) >= 11 is 1.73. The van der Waals surface area contributed by atoms with Crippen LogP contribution in [0.25, 0.3) is 10.1 Å². The molecule has 0 saturated heterocycles. The lowest BCUT2D eigenvalue weighted by atomic mass is 10.0. The van der Waals surface area contributed by atoms with E-state index in [2.05, 4.69) is 32.9 Å². The van der Waals surface area contributed by atoms with Crippen molar-refractivity contribution in [2.75, 3.05) is 20.6 Å². The molecular weight excluding hydrogens is 310 g/mol. The molecule has 6 heteroatoms. The van der Waals surface area contributed by atoms with Gasteiger partial charge in [-0.2, -0.15) is 0 Å². The van der Waals surface area contributed by atoms with Crippen molar-refractivity contribution in [2.45, 2.75) is 13.0 Å². The summed E-state index contributed by atoms with van der Waals surface area (Å²) in [6, 6.07) is 8.45. The molecule has 1 atom stereocenters. The number of thiophene rings is 1. The van der Waals surface area contributed by atoms with E-state index in [4.69, 9.17) is 4.52 Å². The maximum Gasteiger partial charge on any atom is 0.256 e. The smallest absolute Gasteiger partial charge is 0.256 e. The third-order valence-corrected chi connectivity index (χ3v) is 4.93. The quantitative estimate of drug-likeness (QED) is 0.781. The van der Waals surface area contributed by atoms with Gasteiger partial charge in [0.2, 0.25) is 0 Å². The van der Waals surface area contributed by atoms with Crippen LogP contribution in [0.5, 0.6) is 0 Å². The van der Waals surface area contributed by atoms with Gasteiger partial charge in [-0.15, -0.1) is 11.3 Å². The summed E-state index contributed by atoms with van der Waals surface area (Å²) in [6.45, 7) is 2.26. The van der Waals surface area contributed by atoms with E-state index < -0.39 is 0 Å². The summed E-state index contributed by atoms with van der Waals surface area (Å²) in [4.78, 5) is 14.4. The number of aromatic nitrogens is 1. The fourth-order valence-corrected chi connectivity index (χ4v) is 3.64. The molecule has 0 bridgehead atoms. The van der Waals surface area contributed by atoms with Crippen LogP contribution in [0, 0.1) is 6.92 Å². The Morgan fingerprint density at radius 3 is 2.87 bits per heavy atom. The van der Waals surface area contributed by atoms with Crippen LogP contribution >= 0.6 is 11.3 Å². The minimum atomic E-state index is -0.157. The summed E-state index contributed by atoms with van der Waals surface area (Å²) in [5.74, 6) is 0.375. The van der Waals surface area contributed by atoms with Gasteiger partial charge in [0.25, 0.3) is 5.91 Å². The standard InChI is InChI=1S/C17H19N3O2S/c1-11-13(8-19-22-11)17(21)18-9-15(20(2)3)14-10-23-16-7-5-4-6-12(14)16/h4-8,10,15H,9H2,1-3H3,(H,18,21)/t15-/m0/s1. The minimum absolute atomic E-state index is 0.107. The minimum Gasteiger partial charge on any atom is -0.361 e. The number of rotatable bonds is 5. The second-order valence-corrected chi connectivity index (χ2v) is 6.58. The number of carbonyl (C=O) groups is 1. The van der Waals surface area contributed by atoms with Gasteiger partial charge in [-0.1, -0.05) is 23.4 Å². The lowest BCUT2D eigenvalue weighted by Crippen LogP contribution is -2.34. The summed E-state index contributed by atoms with van der Waals surface area (Å²) < 4.78 is 6.21. The van der Waals surface area contributed by atoms with Crippen LogP contribution < -0.4 is 5.32 Å². The molecule has 120 valence electrons. The molecule has 0 fully saturated rings. The lowest BCUT2D eigenvalue weighted by molar-refractivity contribution is 0.0940. The Labute approximate surface area is 138 Å². The second kappa shape index (κ2) is 6.52. The van der Waals surface area contributed by atoms with Gasteiger partial charge >= 0.3 is 0 Å². The normalized spacial score (nSPS) is 12.7. The molecule has 0 radical (unpaired) electrons. The van der Waals surface area contributed by atoms with Gasteiger partial charge in [0.1, 0.15) is 11.3 Å². The van der Waals surface area contributed by atoms with Crippen molar-refractivity contribution in [1.29, 1.82) is 0 Å². The zero-order chi connectivity index (χ0) is 16.4. The summed E-state index contributed by atoms with van der Waals surface area (Å²) in [5, 5.41) is 10.1. The predicted octanol–water partition coefficient (Wildman–Crippen LogP) is 3.23. The van der Waals surface area contributed by atoms with Crippen LogP contribution in [0.2, 0.25) is 0 Å². The molecule has 2 heterocycles. The monoisotopic (exact) mass is 329 g/mol. The van der Waals surface area contributed by atoms with E-state index in [0.29, 0.717) is 17.9 Å². The summed E-state index contributed by atoms with van der Waals surface area (Å²) in [5.41, 5.74) is 1.72. The van der Waals surface area contributed by atoms with Crippen LogP contribution in [-0.2, 0) is 0 Å². The molecule has 0 unspecified atom stereocenters. The maximum atomic E-state index is 12.3. The number of nitrogens with zero attached hydrogens (tertiary/aromatic N) is 2. The second-order valence-electron chi connectivity index (χ2n) is 5.67. The van der Waals surface area contributed by atoms with Gasteiger partial charge in [0.05, 0.1) is 12.2 Å². The molecule has 0 spiro atoms. The van der Waals surface area contributed by atoms with Gasteiger partial charge in [-0.25, -0.2) is 0 Å². The Hall–Kier alpha value is -2.18. The molecule has 23 heavy (non-hydrogen) atoms. The largest absolute Gasteiger partial charge is 0.361 e. The van der Waals surface area contributed by atoms with Crippen molar-refractivity contribution in [3.63, 3.8) is 0 Å². The number of likely N-dealkylation sites (N-methyl/N-ethyl adjacent to an activating group) is 1. The SMILES string of the molecule is Cc1oncc1C(=O)NC[C@@H](c1csc2ccccc12)N(C)C. The highest BCUT2D eigenvalue weighted by Gasteiger charge is 2.20. The molecule has 3 aromatic rings. The topological polar surface area (TPSA) is 58.4 Å². The maximum absolute atomic E-state index is 12.3. The highest BCUT2D eigenvalue weighted by molar-refractivity contribution is 7.17. The third kappa shape index (κ3) is 3.13. The number of fused-ring (bicyclic) bond motifs is 1. The molecule has 1 amide bonds. The molecule has 3 rings (SSSR count). The number of aryl methyl sites for hydroxylation is 1. The number of hydrogen-bond donors (Lipinski definition) is 1. The molecule has 1 aromatic carbocycles. The molecule has 1 N–H and O–H groups in total. The third-order valence-electron chi connectivity index (χ3n) is 3.94. The van der Waals surface area contributed by atoms with E-state index in [-0.39, 0.29) is 11.9 Å². The molecule has 0 aliphatic rings. The Bertz CT molecular complexity index is 822. The van der Waals surface area contributed by atoms with Crippen molar-refractivity contribution in [2.24, 2.45) is 0 Å². The van der Waals surface area contributed by atoms with E-state index in [1.807, 2.05) is 26.2 Å². The first-order valence-corrected chi connectivity index (χ1v) is 8.28. The zero-order valence-corrected chi connectivity index (χ0v) is 14.2. The molecule has 0 saturated carbocycles. The van der Waals surface area contributed by atoms with Gasteiger partial charge < -0.3 is 14.7 Å². The van der Waals surface area contributed by atoms with Crippen LogP contribution in [0.4, 0.5) is 0 Å². The Morgan fingerprint density at radius 1 is 1.39 bits per heavy atom. The van der Waals surface area contributed by atoms with E-state index in [1.54, 1.807) is 18.3 Å². The van der Waals surface area contributed by atoms with Gasteiger partial charge in [0.15, 0.2) is 0 Å². The molecule has 0 aliphatic carbocycles. The summed E-state index contributed by atoms with van der Waals surface area (Å²) in [7, 11) is 4.04. The molecular formula is C17H19N3O2S. The fourth-order valence-electron chi connectivity index (χ4n) is 2.63. The first-order valence-electron chi connectivity index (χ1n) is 7.40. The fraction of sp³-hybridized carbons (Fsp3) is 0.294. The van der Waals surface area contributed by atoms with Crippen LogP contribution in [-0.4, -0.2) is 36.6 Å². The van der Waals surface area contributed by atoms with Crippen molar-refractivity contribution in [3.05, 3.63) is 52.7 Å². The highest BCUT2D eigenvalue weighted by Crippen LogP contribution is 2.32. The van der Waals surface area contributed by atoms with E-state index >= 15 is 0 Å². The van der Waals surface area contributed by atoms with Gasteiger partial charge in [-0.3, -0.25) is 4.79 Å². The van der Waals surface area contributed by atoms with Crippen molar-refractivity contribution in [1.82, 2.24) is 15.4 Å². The van der Waals surface area contributed by atoms with E-state index in [1.165, 1.54) is 21.8 Å². The van der Waals surface area contributed by atoms with Crippen LogP contribution in [0.3, 0.4) is 0 Å².